The van der Waals surface area contributed by atoms with Gasteiger partial charge in [-0.3, -0.25) is 4.79 Å². The third-order valence-corrected chi connectivity index (χ3v) is 4.51. The van der Waals surface area contributed by atoms with Gasteiger partial charge in [0.15, 0.2) is 0 Å². The summed E-state index contributed by atoms with van der Waals surface area (Å²) >= 11 is 0. The lowest BCUT2D eigenvalue weighted by molar-refractivity contribution is -0.138. The van der Waals surface area contributed by atoms with Crippen LogP contribution in [0.3, 0.4) is 0 Å². The van der Waals surface area contributed by atoms with Crippen LogP contribution in [0.5, 0.6) is 0 Å². The van der Waals surface area contributed by atoms with Crippen LogP contribution in [0.2, 0.25) is 0 Å². The van der Waals surface area contributed by atoms with Crippen molar-refractivity contribution in [3.8, 4) is 6.07 Å². The number of nitrogens with one attached hydrogen (secondary N) is 1. The molecule has 0 fully saturated rings. The van der Waals surface area contributed by atoms with Crippen LogP contribution < -0.4 is 5.32 Å². The maximum absolute atomic E-state index is 13.0. The average Bonchev–Trinajstić information content (AvgIpc) is 2.63. The van der Waals surface area contributed by atoms with E-state index in [1.165, 1.54) is 19.1 Å². The Kier molecular flexibility index (Phi) is 9.42. The lowest BCUT2D eigenvalue weighted by Gasteiger charge is -2.22. The van der Waals surface area contributed by atoms with Crippen molar-refractivity contribution in [1.82, 2.24) is 0 Å². The highest BCUT2D eigenvalue weighted by Crippen LogP contribution is 2.33. The molecule has 0 aliphatic carbocycles. The Morgan fingerprint density at radius 3 is 2.21 bits per heavy atom. The fourth-order valence-electron chi connectivity index (χ4n) is 2.80. The van der Waals surface area contributed by atoms with E-state index in [9.17, 15) is 23.1 Å². The van der Waals surface area contributed by atoms with Crippen molar-refractivity contribution in [3.05, 3.63) is 29.3 Å². The molecule has 8 heteroatoms. The second-order valence-corrected chi connectivity index (χ2v) is 7.05. The molecule has 0 aromatic heterocycles. The highest BCUT2D eigenvalue weighted by atomic mass is 19.4. The molecule has 1 aromatic carbocycles. The van der Waals surface area contributed by atoms with Gasteiger partial charge < -0.3 is 15.5 Å². The van der Waals surface area contributed by atoms with Crippen molar-refractivity contribution in [2.45, 2.75) is 70.1 Å². The van der Waals surface area contributed by atoms with E-state index in [2.05, 4.69) is 5.32 Å². The smallest absolute Gasteiger partial charge is 0.396 e. The molecule has 3 N–H and O–H groups in total. The highest BCUT2D eigenvalue weighted by molar-refractivity contribution is 5.96. The summed E-state index contributed by atoms with van der Waals surface area (Å²) in [5, 5.41) is 30.1. The van der Waals surface area contributed by atoms with Gasteiger partial charge in [-0.05, 0) is 38.0 Å². The topological polar surface area (TPSA) is 93.3 Å². The number of aliphatic hydroxyl groups is 2. The molecule has 28 heavy (non-hydrogen) atoms. The maximum Gasteiger partial charge on any atom is 0.417 e. The number of hydrogen-bond donors (Lipinski definition) is 3. The summed E-state index contributed by atoms with van der Waals surface area (Å²) in [6, 6.07) is 4.36. The zero-order chi connectivity index (χ0) is 21.2. The summed E-state index contributed by atoms with van der Waals surface area (Å²) in [5.74, 6) is -0.784. The van der Waals surface area contributed by atoms with E-state index in [-0.39, 0.29) is 18.7 Å². The Labute approximate surface area is 163 Å². The molecule has 1 aromatic rings. The van der Waals surface area contributed by atoms with Crippen molar-refractivity contribution < 1.29 is 28.2 Å². The van der Waals surface area contributed by atoms with Crippen molar-refractivity contribution in [3.63, 3.8) is 0 Å². The van der Waals surface area contributed by atoms with E-state index in [1.54, 1.807) is 0 Å². The van der Waals surface area contributed by atoms with Crippen LogP contribution in [0.15, 0.2) is 18.2 Å². The van der Waals surface area contributed by atoms with E-state index in [0.717, 1.165) is 44.6 Å². The molecule has 0 heterocycles. The third-order valence-electron chi connectivity index (χ3n) is 4.51. The number of nitrogens with zero attached hydrogens (tertiary/aromatic N) is 1. The lowest BCUT2D eigenvalue weighted by atomic mass is 9.96. The van der Waals surface area contributed by atoms with E-state index < -0.39 is 28.8 Å². The molecule has 0 radical (unpaired) electrons. The predicted octanol–water partition coefficient (Wildman–Crippen LogP) is 4.38. The van der Waals surface area contributed by atoms with Gasteiger partial charge in [0, 0.05) is 12.3 Å². The van der Waals surface area contributed by atoms with Crippen molar-refractivity contribution >= 4 is 11.6 Å². The second kappa shape index (κ2) is 11.0. The van der Waals surface area contributed by atoms with Crippen LogP contribution >= 0.6 is 0 Å². The summed E-state index contributed by atoms with van der Waals surface area (Å²) in [6.45, 7) is 1.53. The van der Waals surface area contributed by atoms with Crippen LogP contribution in [0.4, 0.5) is 18.9 Å². The number of carbonyl (C=O) groups is 1. The van der Waals surface area contributed by atoms with Gasteiger partial charge in [0.2, 0.25) is 0 Å². The minimum Gasteiger partial charge on any atom is -0.396 e. The predicted molar refractivity (Wildman–Crippen MR) is 99.4 cm³/mol. The van der Waals surface area contributed by atoms with Gasteiger partial charge in [0.05, 0.1) is 17.2 Å². The zero-order valence-electron chi connectivity index (χ0n) is 16.0. The molecular weight excluding hydrogens is 373 g/mol. The molecule has 1 rings (SSSR count). The number of rotatable bonds is 11. The summed E-state index contributed by atoms with van der Waals surface area (Å²) in [7, 11) is 0. The molecule has 0 aliphatic rings. The van der Waals surface area contributed by atoms with E-state index >= 15 is 0 Å². The monoisotopic (exact) mass is 400 g/mol. The van der Waals surface area contributed by atoms with Crippen LogP contribution in [0, 0.1) is 11.3 Å². The van der Waals surface area contributed by atoms with Crippen molar-refractivity contribution in [2.24, 2.45) is 0 Å². The van der Waals surface area contributed by atoms with Gasteiger partial charge in [0.1, 0.15) is 5.60 Å². The first kappa shape index (κ1) is 23.9. The number of unbranched alkanes of at least 4 members (excludes halogenated alkanes) is 6. The largest absolute Gasteiger partial charge is 0.417 e. The lowest BCUT2D eigenvalue weighted by Crippen LogP contribution is -2.40. The molecule has 1 amide bonds. The Morgan fingerprint density at radius 2 is 1.68 bits per heavy atom. The fraction of sp³-hybridized carbons (Fsp3) is 0.600. The van der Waals surface area contributed by atoms with Crippen LogP contribution in [0.1, 0.15) is 69.4 Å². The summed E-state index contributed by atoms with van der Waals surface area (Å²) in [4.78, 5) is 12.3. The number of halogens is 3. The molecule has 156 valence electrons. The second-order valence-electron chi connectivity index (χ2n) is 7.05. The molecule has 0 saturated carbocycles. The Hall–Kier alpha value is -2.11. The molecule has 0 saturated heterocycles. The molecule has 0 bridgehead atoms. The SMILES string of the molecule is C[C@](O)(CCCCCCCCCO)C(=O)Nc1ccc(C#N)c(C(F)(F)F)c1. The van der Waals surface area contributed by atoms with Gasteiger partial charge in [-0.25, -0.2) is 0 Å². The van der Waals surface area contributed by atoms with E-state index in [4.69, 9.17) is 10.4 Å². The molecule has 5 nitrogen and oxygen atoms in total. The molecule has 0 spiro atoms. The first-order valence-electron chi connectivity index (χ1n) is 9.38. The summed E-state index contributed by atoms with van der Waals surface area (Å²) in [6.07, 6.45) is 1.68. The Morgan fingerprint density at radius 1 is 1.11 bits per heavy atom. The number of nitriles is 1. The fourth-order valence-corrected chi connectivity index (χ4v) is 2.80. The van der Waals surface area contributed by atoms with Gasteiger partial charge in [0.25, 0.3) is 5.91 Å². The normalized spacial score (nSPS) is 13.6. The third kappa shape index (κ3) is 7.87. The quantitative estimate of drug-likeness (QED) is 0.481. The Balaban J connectivity index is 2.56. The number of aliphatic hydroxyl groups excluding tert-OH is 1. The maximum atomic E-state index is 13.0. The standard InChI is InChI=1S/C20H27F3N2O3/c1-19(28,11-7-5-3-2-4-6-8-12-26)18(27)25-16-10-9-15(14-24)17(13-16)20(21,22)23/h9-10,13,26,28H,2-8,11-12H2,1H3,(H,25,27)/t19-/m0/s1. The number of hydrogen-bond acceptors (Lipinski definition) is 4. The minimum atomic E-state index is -4.72. The van der Waals surface area contributed by atoms with Gasteiger partial charge in [-0.1, -0.05) is 38.5 Å². The van der Waals surface area contributed by atoms with Crippen LogP contribution in [-0.4, -0.2) is 28.3 Å². The van der Waals surface area contributed by atoms with Gasteiger partial charge in [-0.15, -0.1) is 0 Å². The number of benzene rings is 1. The number of anilines is 1. The van der Waals surface area contributed by atoms with Crippen molar-refractivity contribution in [2.75, 3.05) is 11.9 Å². The highest BCUT2D eigenvalue weighted by Gasteiger charge is 2.35. The first-order valence-corrected chi connectivity index (χ1v) is 9.38. The van der Waals surface area contributed by atoms with Crippen LogP contribution in [0.25, 0.3) is 0 Å². The Bertz CT molecular complexity index is 682. The molecule has 0 unspecified atom stereocenters. The van der Waals surface area contributed by atoms with E-state index in [1.807, 2.05) is 0 Å². The van der Waals surface area contributed by atoms with Crippen LogP contribution in [-0.2, 0) is 11.0 Å². The summed E-state index contributed by atoms with van der Waals surface area (Å²) in [5.41, 5.74) is -3.49. The molecular formula is C20H27F3N2O3. The van der Waals surface area contributed by atoms with Crippen molar-refractivity contribution in [1.29, 1.82) is 5.26 Å². The molecule has 1 atom stereocenters. The number of amides is 1. The minimum absolute atomic E-state index is 0.125. The summed E-state index contributed by atoms with van der Waals surface area (Å²) < 4.78 is 39.0. The van der Waals surface area contributed by atoms with Gasteiger partial charge >= 0.3 is 6.18 Å². The first-order chi connectivity index (χ1) is 13.1. The number of carbonyl (C=O) groups excluding carboxylic acids is 1. The zero-order valence-corrected chi connectivity index (χ0v) is 16.0. The molecule has 0 aliphatic heterocycles. The van der Waals surface area contributed by atoms with E-state index in [0.29, 0.717) is 12.5 Å². The number of alkyl halides is 3. The average molecular weight is 400 g/mol. The van der Waals surface area contributed by atoms with Gasteiger partial charge in [-0.2, -0.15) is 18.4 Å².